The van der Waals surface area contributed by atoms with Crippen molar-refractivity contribution in [3.8, 4) is 23.1 Å². The summed E-state index contributed by atoms with van der Waals surface area (Å²) in [5, 5.41) is 7.22. The molecule has 1 amide bonds. The van der Waals surface area contributed by atoms with Crippen LogP contribution in [0.1, 0.15) is 15.9 Å². The van der Waals surface area contributed by atoms with Crippen LogP contribution in [0.2, 0.25) is 0 Å². The SMILES string of the molecule is COc1nc(-c2ccc(F)cc2)n(-c2ccc(NC(=O)c3ccc(C)cc3)cc2)n1. The average molecular weight is 402 g/mol. The number of hydrogen-bond acceptors (Lipinski definition) is 4. The van der Waals surface area contributed by atoms with Gasteiger partial charge in [-0.25, -0.2) is 9.07 Å². The standard InChI is InChI=1S/C23H19FN4O2/c1-15-3-5-17(6-4-15)22(29)25-19-11-13-20(14-12-19)28-21(26-23(27-28)30-2)16-7-9-18(24)10-8-16/h3-14H,1-2H3,(H,25,29). The van der Waals surface area contributed by atoms with Crippen LogP contribution in [0.5, 0.6) is 6.01 Å². The van der Waals surface area contributed by atoms with Gasteiger partial charge in [-0.05, 0) is 67.6 Å². The molecule has 0 fully saturated rings. The predicted octanol–water partition coefficient (Wildman–Crippen LogP) is 4.64. The molecule has 30 heavy (non-hydrogen) atoms. The molecule has 150 valence electrons. The lowest BCUT2D eigenvalue weighted by atomic mass is 10.1. The molecule has 0 saturated carbocycles. The van der Waals surface area contributed by atoms with Crippen molar-refractivity contribution in [2.24, 2.45) is 0 Å². The van der Waals surface area contributed by atoms with Crippen molar-refractivity contribution in [2.45, 2.75) is 6.92 Å². The van der Waals surface area contributed by atoms with Crippen LogP contribution in [0.25, 0.3) is 17.1 Å². The molecule has 0 radical (unpaired) electrons. The zero-order valence-electron chi connectivity index (χ0n) is 16.5. The highest BCUT2D eigenvalue weighted by Crippen LogP contribution is 2.24. The minimum absolute atomic E-state index is 0.183. The van der Waals surface area contributed by atoms with Crippen molar-refractivity contribution >= 4 is 11.6 Å². The Labute approximate surface area is 173 Å². The van der Waals surface area contributed by atoms with Crippen LogP contribution in [0.15, 0.2) is 72.8 Å². The van der Waals surface area contributed by atoms with E-state index < -0.39 is 0 Å². The topological polar surface area (TPSA) is 69.0 Å². The van der Waals surface area contributed by atoms with E-state index >= 15 is 0 Å². The number of carbonyl (C=O) groups excluding carboxylic acids is 1. The van der Waals surface area contributed by atoms with E-state index in [0.717, 1.165) is 11.3 Å². The first kappa shape index (κ1) is 19.3. The first-order chi connectivity index (χ1) is 14.5. The second-order valence-electron chi connectivity index (χ2n) is 6.71. The quantitative estimate of drug-likeness (QED) is 0.528. The molecule has 3 aromatic carbocycles. The molecule has 1 heterocycles. The first-order valence-corrected chi connectivity index (χ1v) is 9.29. The largest absolute Gasteiger partial charge is 0.466 e. The van der Waals surface area contributed by atoms with E-state index in [4.69, 9.17) is 4.74 Å². The summed E-state index contributed by atoms with van der Waals surface area (Å²) in [5.74, 6) is 0.00548. The van der Waals surface area contributed by atoms with Crippen LogP contribution in [-0.4, -0.2) is 27.8 Å². The third kappa shape index (κ3) is 4.05. The number of benzene rings is 3. The first-order valence-electron chi connectivity index (χ1n) is 9.29. The number of hydrogen-bond donors (Lipinski definition) is 1. The Kier molecular flexibility index (Phi) is 5.26. The molecule has 0 bridgehead atoms. The number of aryl methyl sites for hydroxylation is 1. The molecule has 0 unspecified atom stereocenters. The molecule has 0 spiro atoms. The number of nitrogens with zero attached hydrogens (tertiary/aromatic N) is 3. The highest BCUT2D eigenvalue weighted by molar-refractivity contribution is 6.04. The van der Waals surface area contributed by atoms with Gasteiger partial charge in [-0.1, -0.05) is 17.7 Å². The highest BCUT2D eigenvalue weighted by atomic mass is 19.1. The summed E-state index contributed by atoms with van der Waals surface area (Å²) in [4.78, 5) is 16.8. The van der Waals surface area contributed by atoms with Crippen LogP contribution < -0.4 is 10.1 Å². The van der Waals surface area contributed by atoms with E-state index in [9.17, 15) is 9.18 Å². The number of anilines is 1. The summed E-state index contributed by atoms with van der Waals surface area (Å²) in [7, 11) is 1.48. The summed E-state index contributed by atoms with van der Waals surface area (Å²) < 4.78 is 20.1. The van der Waals surface area contributed by atoms with E-state index in [1.165, 1.54) is 19.2 Å². The minimum atomic E-state index is -0.328. The van der Waals surface area contributed by atoms with Crippen LogP contribution >= 0.6 is 0 Å². The van der Waals surface area contributed by atoms with Crippen LogP contribution in [0.4, 0.5) is 10.1 Å². The Hall–Kier alpha value is -4.00. The smallest absolute Gasteiger partial charge is 0.336 e. The number of amides is 1. The van der Waals surface area contributed by atoms with E-state index in [1.807, 2.05) is 31.2 Å². The number of carbonyl (C=O) groups is 1. The Morgan fingerprint density at radius 3 is 2.27 bits per heavy atom. The monoisotopic (exact) mass is 402 g/mol. The van der Waals surface area contributed by atoms with E-state index in [2.05, 4.69) is 15.4 Å². The number of nitrogens with one attached hydrogen (secondary N) is 1. The zero-order chi connectivity index (χ0) is 21.1. The highest BCUT2D eigenvalue weighted by Gasteiger charge is 2.14. The molecule has 1 aromatic heterocycles. The van der Waals surface area contributed by atoms with Gasteiger partial charge >= 0.3 is 6.01 Å². The lowest BCUT2D eigenvalue weighted by Gasteiger charge is -2.09. The van der Waals surface area contributed by atoms with E-state index in [1.54, 1.807) is 41.1 Å². The summed E-state index contributed by atoms with van der Waals surface area (Å²) in [5.41, 5.74) is 3.75. The number of rotatable bonds is 5. The molecule has 6 nitrogen and oxygen atoms in total. The molecule has 1 N–H and O–H groups in total. The molecule has 4 aromatic rings. The van der Waals surface area contributed by atoms with Gasteiger partial charge in [-0.3, -0.25) is 4.79 Å². The Morgan fingerprint density at radius 2 is 1.63 bits per heavy atom. The second-order valence-corrected chi connectivity index (χ2v) is 6.71. The number of methoxy groups -OCH3 is 1. The van der Waals surface area contributed by atoms with Gasteiger partial charge < -0.3 is 10.1 Å². The molecular weight excluding hydrogens is 383 g/mol. The third-order valence-corrected chi connectivity index (χ3v) is 4.56. The van der Waals surface area contributed by atoms with Crippen molar-refractivity contribution in [3.05, 3.63) is 89.7 Å². The fourth-order valence-corrected chi connectivity index (χ4v) is 2.94. The van der Waals surface area contributed by atoms with Gasteiger partial charge in [0.2, 0.25) is 0 Å². The summed E-state index contributed by atoms with van der Waals surface area (Å²) >= 11 is 0. The minimum Gasteiger partial charge on any atom is -0.466 e. The Bertz CT molecular complexity index is 1170. The molecule has 4 rings (SSSR count). The number of aromatic nitrogens is 3. The zero-order valence-corrected chi connectivity index (χ0v) is 16.5. The molecular formula is C23H19FN4O2. The molecule has 0 aliphatic rings. The summed E-state index contributed by atoms with van der Waals surface area (Å²) in [6, 6.07) is 20.7. The van der Waals surface area contributed by atoms with Crippen molar-refractivity contribution in [3.63, 3.8) is 0 Å². The lowest BCUT2D eigenvalue weighted by molar-refractivity contribution is 0.102. The van der Waals surface area contributed by atoms with Crippen molar-refractivity contribution < 1.29 is 13.9 Å². The van der Waals surface area contributed by atoms with Gasteiger partial charge in [-0.15, -0.1) is 5.10 Å². The molecule has 7 heteroatoms. The van der Waals surface area contributed by atoms with E-state index in [0.29, 0.717) is 22.6 Å². The van der Waals surface area contributed by atoms with Gasteiger partial charge in [0.1, 0.15) is 5.82 Å². The summed E-state index contributed by atoms with van der Waals surface area (Å²) in [6.07, 6.45) is 0. The number of ether oxygens (including phenoxy) is 1. The Morgan fingerprint density at radius 1 is 0.967 bits per heavy atom. The van der Waals surface area contributed by atoms with Gasteiger partial charge in [0.15, 0.2) is 5.82 Å². The molecule has 0 saturated heterocycles. The fourth-order valence-electron chi connectivity index (χ4n) is 2.94. The van der Waals surface area contributed by atoms with E-state index in [-0.39, 0.29) is 17.7 Å². The normalized spacial score (nSPS) is 10.6. The second kappa shape index (κ2) is 8.16. The van der Waals surface area contributed by atoms with Gasteiger partial charge in [0.05, 0.1) is 12.8 Å². The maximum absolute atomic E-state index is 13.3. The van der Waals surface area contributed by atoms with Crippen molar-refractivity contribution in [1.29, 1.82) is 0 Å². The van der Waals surface area contributed by atoms with Gasteiger partial charge in [0, 0.05) is 16.8 Å². The maximum Gasteiger partial charge on any atom is 0.336 e. The summed E-state index contributed by atoms with van der Waals surface area (Å²) in [6.45, 7) is 1.97. The van der Waals surface area contributed by atoms with Crippen molar-refractivity contribution in [2.75, 3.05) is 12.4 Å². The Balaban J connectivity index is 1.59. The van der Waals surface area contributed by atoms with Crippen LogP contribution in [-0.2, 0) is 0 Å². The van der Waals surface area contributed by atoms with Crippen LogP contribution in [0.3, 0.4) is 0 Å². The van der Waals surface area contributed by atoms with Crippen molar-refractivity contribution in [1.82, 2.24) is 14.8 Å². The predicted molar refractivity (Wildman–Crippen MR) is 112 cm³/mol. The molecule has 0 aliphatic heterocycles. The average Bonchev–Trinajstić information content (AvgIpc) is 3.20. The fraction of sp³-hybridized carbons (Fsp3) is 0.0870. The van der Waals surface area contributed by atoms with Gasteiger partial charge in [-0.2, -0.15) is 4.98 Å². The molecule has 0 aliphatic carbocycles. The lowest BCUT2D eigenvalue weighted by Crippen LogP contribution is -2.11. The van der Waals surface area contributed by atoms with Gasteiger partial charge in [0.25, 0.3) is 5.91 Å². The molecule has 0 atom stereocenters. The maximum atomic E-state index is 13.3. The van der Waals surface area contributed by atoms with Crippen LogP contribution in [0, 0.1) is 12.7 Å². The third-order valence-electron chi connectivity index (χ3n) is 4.56. The number of halogens is 1.